The lowest BCUT2D eigenvalue weighted by Crippen LogP contribution is -2.54. The van der Waals surface area contributed by atoms with Crippen molar-refractivity contribution in [1.29, 1.82) is 0 Å². The smallest absolute Gasteiger partial charge is 0.219 e. The van der Waals surface area contributed by atoms with Crippen molar-refractivity contribution < 1.29 is 9.18 Å². The monoisotopic (exact) mass is 250 g/mol. The van der Waals surface area contributed by atoms with E-state index < -0.39 is 0 Å². The highest BCUT2D eigenvalue weighted by atomic mass is 19.1. The minimum atomic E-state index is -0.241. The largest absolute Gasteiger partial charge is 0.338 e. The molecule has 1 amide bonds. The number of piperidine rings is 1. The molecular formula is C14H19FN2O. The van der Waals surface area contributed by atoms with E-state index in [-0.39, 0.29) is 23.8 Å². The summed E-state index contributed by atoms with van der Waals surface area (Å²) < 4.78 is 12.9. The Morgan fingerprint density at radius 2 is 2.11 bits per heavy atom. The van der Waals surface area contributed by atoms with E-state index in [2.05, 4.69) is 0 Å². The van der Waals surface area contributed by atoms with Gasteiger partial charge < -0.3 is 10.6 Å². The van der Waals surface area contributed by atoms with E-state index in [1.165, 1.54) is 12.1 Å². The second-order valence-electron chi connectivity index (χ2n) is 4.92. The molecule has 1 aromatic rings. The van der Waals surface area contributed by atoms with Gasteiger partial charge in [0.05, 0.1) is 6.04 Å². The summed E-state index contributed by atoms with van der Waals surface area (Å²) in [6, 6.07) is 6.45. The lowest BCUT2D eigenvalue weighted by atomic mass is 9.91. The molecule has 1 saturated heterocycles. The van der Waals surface area contributed by atoms with E-state index in [0.29, 0.717) is 6.42 Å². The molecule has 1 aliphatic heterocycles. The average molecular weight is 250 g/mol. The fraction of sp³-hybridized carbons (Fsp3) is 0.500. The van der Waals surface area contributed by atoms with Crippen LogP contribution in [0.3, 0.4) is 0 Å². The second-order valence-corrected chi connectivity index (χ2v) is 4.92. The van der Waals surface area contributed by atoms with Gasteiger partial charge in [-0.3, -0.25) is 4.79 Å². The molecule has 18 heavy (non-hydrogen) atoms. The molecule has 1 aromatic carbocycles. The van der Waals surface area contributed by atoms with Crippen LogP contribution < -0.4 is 5.73 Å². The molecule has 98 valence electrons. The fourth-order valence-corrected chi connectivity index (χ4v) is 2.60. The molecule has 0 aromatic heterocycles. The summed E-state index contributed by atoms with van der Waals surface area (Å²) in [5, 5.41) is 0. The van der Waals surface area contributed by atoms with E-state index >= 15 is 0 Å². The Morgan fingerprint density at radius 1 is 1.44 bits per heavy atom. The predicted molar refractivity (Wildman–Crippen MR) is 68.5 cm³/mol. The van der Waals surface area contributed by atoms with Crippen LogP contribution in [-0.2, 0) is 11.2 Å². The molecule has 0 spiro atoms. The van der Waals surface area contributed by atoms with Gasteiger partial charge in [0.25, 0.3) is 0 Å². The number of likely N-dealkylation sites (tertiary alicyclic amines) is 1. The Balaban J connectivity index is 2.13. The number of nitrogens with zero attached hydrogens (tertiary/aromatic N) is 1. The number of nitrogens with two attached hydrogens (primary N) is 1. The molecule has 0 saturated carbocycles. The van der Waals surface area contributed by atoms with Gasteiger partial charge in [0.1, 0.15) is 5.82 Å². The predicted octanol–water partition coefficient (Wildman–Crippen LogP) is 1.71. The van der Waals surface area contributed by atoms with Gasteiger partial charge in [-0.2, -0.15) is 0 Å². The summed E-state index contributed by atoms with van der Waals surface area (Å²) in [4.78, 5) is 13.5. The third-order valence-corrected chi connectivity index (χ3v) is 3.59. The summed E-state index contributed by atoms with van der Waals surface area (Å²) in [5.41, 5.74) is 7.14. The van der Waals surface area contributed by atoms with Gasteiger partial charge in [0, 0.05) is 19.5 Å². The van der Waals surface area contributed by atoms with Gasteiger partial charge in [-0.15, -0.1) is 0 Å². The zero-order chi connectivity index (χ0) is 13.1. The van der Waals surface area contributed by atoms with Gasteiger partial charge in [-0.25, -0.2) is 4.39 Å². The molecule has 2 N–H and O–H groups in total. The van der Waals surface area contributed by atoms with Crippen molar-refractivity contribution in [2.75, 3.05) is 6.54 Å². The zero-order valence-corrected chi connectivity index (χ0v) is 10.6. The van der Waals surface area contributed by atoms with Crippen LogP contribution in [0.5, 0.6) is 0 Å². The minimum absolute atomic E-state index is 0.00713. The molecule has 1 fully saturated rings. The summed E-state index contributed by atoms with van der Waals surface area (Å²) in [6.07, 6.45) is 2.59. The highest BCUT2D eigenvalue weighted by Gasteiger charge is 2.30. The van der Waals surface area contributed by atoms with Crippen molar-refractivity contribution in [2.24, 2.45) is 5.73 Å². The first kappa shape index (κ1) is 13.0. The van der Waals surface area contributed by atoms with Crippen LogP contribution in [0.25, 0.3) is 0 Å². The maximum Gasteiger partial charge on any atom is 0.219 e. The number of hydrogen-bond donors (Lipinski definition) is 1. The Bertz CT molecular complexity index is 418. The number of carbonyl (C=O) groups is 1. The van der Waals surface area contributed by atoms with Gasteiger partial charge in [-0.05, 0) is 37.0 Å². The van der Waals surface area contributed by atoms with Crippen LogP contribution in [-0.4, -0.2) is 29.4 Å². The van der Waals surface area contributed by atoms with E-state index in [9.17, 15) is 9.18 Å². The SMILES string of the molecule is CC(=O)N1CCC[C@H](N)[C@@H]1Cc1ccc(F)cc1. The Hall–Kier alpha value is -1.42. The first-order valence-electron chi connectivity index (χ1n) is 6.35. The Morgan fingerprint density at radius 3 is 2.72 bits per heavy atom. The van der Waals surface area contributed by atoms with Crippen molar-refractivity contribution >= 4 is 5.91 Å². The molecular weight excluding hydrogens is 231 g/mol. The number of carbonyl (C=O) groups excluding carboxylic acids is 1. The van der Waals surface area contributed by atoms with Crippen LogP contribution in [0.2, 0.25) is 0 Å². The maximum absolute atomic E-state index is 12.9. The summed E-state index contributed by atoms with van der Waals surface area (Å²) in [7, 11) is 0. The maximum atomic E-state index is 12.9. The van der Waals surface area contributed by atoms with Crippen molar-refractivity contribution in [3.05, 3.63) is 35.6 Å². The minimum Gasteiger partial charge on any atom is -0.338 e. The molecule has 1 heterocycles. The van der Waals surface area contributed by atoms with Crippen LogP contribution in [0, 0.1) is 5.82 Å². The molecule has 0 unspecified atom stereocenters. The highest BCUT2D eigenvalue weighted by molar-refractivity contribution is 5.73. The van der Waals surface area contributed by atoms with E-state index in [1.807, 2.05) is 4.90 Å². The quantitative estimate of drug-likeness (QED) is 0.868. The standard InChI is InChI=1S/C14H19FN2O/c1-10(18)17-8-2-3-13(16)14(17)9-11-4-6-12(15)7-5-11/h4-7,13-14H,2-3,8-9,16H2,1H3/t13-,14-/m0/s1. The molecule has 0 radical (unpaired) electrons. The molecule has 3 nitrogen and oxygen atoms in total. The molecule has 4 heteroatoms. The van der Waals surface area contributed by atoms with Crippen LogP contribution in [0.1, 0.15) is 25.3 Å². The number of benzene rings is 1. The molecule has 0 bridgehead atoms. The third kappa shape index (κ3) is 2.88. The molecule has 1 aliphatic rings. The molecule has 2 atom stereocenters. The Labute approximate surface area is 107 Å². The van der Waals surface area contributed by atoms with E-state index in [1.54, 1.807) is 19.1 Å². The topological polar surface area (TPSA) is 46.3 Å². The van der Waals surface area contributed by atoms with E-state index in [0.717, 1.165) is 24.9 Å². The normalized spacial score (nSPS) is 24.1. The van der Waals surface area contributed by atoms with E-state index in [4.69, 9.17) is 5.73 Å². The first-order chi connectivity index (χ1) is 8.58. The number of amides is 1. The zero-order valence-electron chi connectivity index (χ0n) is 10.6. The van der Waals surface area contributed by atoms with Crippen molar-refractivity contribution in [1.82, 2.24) is 4.90 Å². The summed E-state index contributed by atoms with van der Waals surface area (Å²) in [5.74, 6) is -0.174. The highest BCUT2D eigenvalue weighted by Crippen LogP contribution is 2.20. The van der Waals surface area contributed by atoms with Crippen molar-refractivity contribution in [2.45, 2.75) is 38.3 Å². The number of rotatable bonds is 2. The average Bonchev–Trinajstić information content (AvgIpc) is 2.34. The van der Waals surface area contributed by atoms with Crippen LogP contribution in [0.4, 0.5) is 4.39 Å². The van der Waals surface area contributed by atoms with Crippen LogP contribution >= 0.6 is 0 Å². The van der Waals surface area contributed by atoms with Gasteiger partial charge in [-0.1, -0.05) is 12.1 Å². The third-order valence-electron chi connectivity index (χ3n) is 3.59. The first-order valence-corrected chi connectivity index (χ1v) is 6.35. The second kappa shape index (κ2) is 5.48. The summed E-state index contributed by atoms with van der Waals surface area (Å²) >= 11 is 0. The molecule has 2 rings (SSSR count). The van der Waals surface area contributed by atoms with Gasteiger partial charge in [0.2, 0.25) is 5.91 Å². The number of halogens is 1. The van der Waals surface area contributed by atoms with Crippen molar-refractivity contribution in [3.8, 4) is 0 Å². The lowest BCUT2D eigenvalue weighted by Gasteiger charge is -2.39. The van der Waals surface area contributed by atoms with Gasteiger partial charge >= 0.3 is 0 Å². The molecule has 0 aliphatic carbocycles. The Kier molecular flexibility index (Phi) is 3.97. The summed E-state index contributed by atoms with van der Waals surface area (Å²) in [6.45, 7) is 2.35. The number of hydrogen-bond acceptors (Lipinski definition) is 2. The van der Waals surface area contributed by atoms with Crippen LogP contribution in [0.15, 0.2) is 24.3 Å². The fourth-order valence-electron chi connectivity index (χ4n) is 2.60. The lowest BCUT2D eigenvalue weighted by molar-refractivity contribution is -0.132. The van der Waals surface area contributed by atoms with Gasteiger partial charge in [0.15, 0.2) is 0 Å². The van der Waals surface area contributed by atoms with Crippen molar-refractivity contribution in [3.63, 3.8) is 0 Å².